The lowest BCUT2D eigenvalue weighted by atomic mass is 9.78. The van der Waals surface area contributed by atoms with Crippen LogP contribution in [-0.4, -0.2) is 20.4 Å². The maximum Gasteiger partial charge on any atom is 0.261 e. The molecule has 2 N–H and O–H groups in total. The summed E-state index contributed by atoms with van der Waals surface area (Å²) in [5, 5.41) is 3.12. The minimum Gasteiger partial charge on any atom is -0.349 e. The van der Waals surface area contributed by atoms with Gasteiger partial charge in [0.15, 0.2) is 0 Å². The van der Waals surface area contributed by atoms with Gasteiger partial charge in [0, 0.05) is 11.6 Å². The van der Waals surface area contributed by atoms with E-state index in [-0.39, 0.29) is 16.8 Å². The quantitative estimate of drug-likeness (QED) is 0.747. The Morgan fingerprint density at radius 2 is 1.69 bits per heavy atom. The van der Waals surface area contributed by atoms with Gasteiger partial charge >= 0.3 is 0 Å². The fourth-order valence-electron chi connectivity index (χ4n) is 3.89. The summed E-state index contributed by atoms with van der Waals surface area (Å²) in [4.78, 5) is 12.8. The van der Waals surface area contributed by atoms with E-state index in [0.717, 1.165) is 24.0 Å². The molecule has 0 bridgehead atoms. The first-order chi connectivity index (χ1) is 13.7. The van der Waals surface area contributed by atoms with Crippen LogP contribution in [0.4, 0.5) is 5.69 Å². The Kier molecular flexibility index (Phi) is 6.32. The Morgan fingerprint density at radius 3 is 2.38 bits per heavy atom. The lowest BCUT2D eigenvalue weighted by molar-refractivity contribution is 0.0891. The molecule has 156 valence electrons. The van der Waals surface area contributed by atoms with Gasteiger partial charge in [-0.3, -0.25) is 9.52 Å². The van der Waals surface area contributed by atoms with Gasteiger partial charge in [-0.1, -0.05) is 38.8 Å². The molecule has 1 aliphatic rings. The molecule has 0 aliphatic heterocycles. The average molecular weight is 415 g/mol. The van der Waals surface area contributed by atoms with Crippen LogP contribution in [0.3, 0.4) is 0 Å². The Hall–Kier alpha value is -2.34. The van der Waals surface area contributed by atoms with Gasteiger partial charge in [0.05, 0.1) is 10.6 Å². The number of benzene rings is 2. The fourth-order valence-corrected chi connectivity index (χ4v) is 5.01. The second-order valence-corrected chi connectivity index (χ2v) is 9.91. The van der Waals surface area contributed by atoms with Crippen molar-refractivity contribution < 1.29 is 13.2 Å². The summed E-state index contributed by atoms with van der Waals surface area (Å²) in [5.74, 6) is 0.884. The highest BCUT2D eigenvalue weighted by Gasteiger charge is 2.28. The zero-order valence-electron chi connectivity index (χ0n) is 17.5. The number of hydrogen-bond donors (Lipinski definition) is 2. The molecule has 1 fully saturated rings. The van der Waals surface area contributed by atoms with Crippen LogP contribution >= 0.6 is 0 Å². The van der Waals surface area contributed by atoms with E-state index in [1.165, 1.54) is 18.6 Å². The first-order valence-corrected chi connectivity index (χ1v) is 11.7. The van der Waals surface area contributed by atoms with Crippen LogP contribution in [0.5, 0.6) is 0 Å². The number of anilines is 1. The van der Waals surface area contributed by atoms with Gasteiger partial charge in [-0.25, -0.2) is 8.42 Å². The molecular formula is C23H30N2O3S. The number of carbonyl (C=O) groups is 1. The Balaban J connectivity index is 1.72. The zero-order valence-corrected chi connectivity index (χ0v) is 18.3. The van der Waals surface area contributed by atoms with Crippen molar-refractivity contribution >= 4 is 21.6 Å². The number of carbonyl (C=O) groups excluding carboxylic acids is 1. The average Bonchev–Trinajstić information content (AvgIpc) is 2.69. The number of amides is 1. The minimum absolute atomic E-state index is 0.134. The van der Waals surface area contributed by atoms with Crippen molar-refractivity contribution in [2.75, 3.05) is 4.72 Å². The van der Waals surface area contributed by atoms with Crippen LogP contribution in [0, 0.1) is 25.7 Å². The summed E-state index contributed by atoms with van der Waals surface area (Å²) >= 11 is 0. The second-order valence-electron chi connectivity index (χ2n) is 8.22. The standard InChI is InChI=1S/C23H30N2O3S/c1-15-7-5-9-21(17(15)3)24-23(26)19-11-13-20(14-12-19)29(27,28)25-22-10-6-8-16(2)18(22)4/h6,8,10-15,17,21,25H,5,7,9H2,1-4H3,(H,24,26)/t15-,17-,21-/m0/s1. The van der Waals surface area contributed by atoms with Crippen LogP contribution in [0.25, 0.3) is 0 Å². The molecular weight excluding hydrogens is 384 g/mol. The van der Waals surface area contributed by atoms with Crippen LogP contribution in [0.2, 0.25) is 0 Å². The lowest BCUT2D eigenvalue weighted by Crippen LogP contribution is -2.43. The van der Waals surface area contributed by atoms with E-state index < -0.39 is 10.0 Å². The second kappa shape index (κ2) is 8.57. The molecule has 1 saturated carbocycles. The number of aryl methyl sites for hydroxylation is 1. The number of hydrogen-bond acceptors (Lipinski definition) is 3. The third-order valence-corrected chi connectivity index (χ3v) is 7.68. The van der Waals surface area contributed by atoms with Crippen molar-refractivity contribution in [3.8, 4) is 0 Å². The minimum atomic E-state index is -3.72. The summed E-state index contributed by atoms with van der Waals surface area (Å²) < 4.78 is 28.1. The first-order valence-electron chi connectivity index (χ1n) is 10.2. The maximum absolute atomic E-state index is 12.7. The van der Waals surface area contributed by atoms with Crippen molar-refractivity contribution in [1.82, 2.24) is 5.32 Å². The maximum atomic E-state index is 12.7. The van der Waals surface area contributed by atoms with E-state index in [0.29, 0.717) is 23.1 Å². The van der Waals surface area contributed by atoms with Crippen LogP contribution in [0.15, 0.2) is 47.4 Å². The van der Waals surface area contributed by atoms with Gasteiger partial charge in [0.1, 0.15) is 0 Å². The molecule has 1 amide bonds. The highest BCUT2D eigenvalue weighted by molar-refractivity contribution is 7.92. The molecule has 5 nitrogen and oxygen atoms in total. The SMILES string of the molecule is Cc1cccc(NS(=O)(=O)c2ccc(C(=O)N[C@H]3CCC[C@H](C)[C@@H]3C)cc2)c1C. The number of nitrogens with one attached hydrogen (secondary N) is 2. The highest BCUT2D eigenvalue weighted by Crippen LogP contribution is 2.29. The summed E-state index contributed by atoms with van der Waals surface area (Å²) in [5.41, 5.74) is 2.94. The topological polar surface area (TPSA) is 75.3 Å². The normalized spacial score (nSPS) is 22.1. The highest BCUT2D eigenvalue weighted by atomic mass is 32.2. The van der Waals surface area contributed by atoms with Gasteiger partial charge in [0.2, 0.25) is 0 Å². The van der Waals surface area contributed by atoms with Crippen molar-refractivity contribution in [1.29, 1.82) is 0 Å². The van der Waals surface area contributed by atoms with E-state index in [2.05, 4.69) is 23.9 Å². The molecule has 3 atom stereocenters. The molecule has 29 heavy (non-hydrogen) atoms. The molecule has 1 aliphatic carbocycles. The molecule has 2 aromatic rings. The van der Waals surface area contributed by atoms with E-state index in [1.807, 2.05) is 26.0 Å². The van der Waals surface area contributed by atoms with E-state index >= 15 is 0 Å². The fraction of sp³-hybridized carbons (Fsp3) is 0.435. The zero-order chi connectivity index (χ0) is 21.2. The molecule has 0 spiro atoms. The van der Waals surface area contributed by atoms with Crippen molar-refractivity contribution in [2.24, 2.45) is 11.8 Å². The van der Waals surface area contributed by atoms with E-state index in [1.54, 1.807) is 18.2 Å². The first kappa shape index (κ1) is 21.4. The van der Waals surface area contributed by atoms with Gasteiger partial charge in [0.25, 0.3) is 15.9 Å². The third-order valence-electron chi connectivity index (χ3n) is 6.30. The van der Waals surface area contributed by atoms with Crippen LogP contribution < -0.4 is 10.0 Å². The largest absolute Gasteiger partial charge is 0.349 e. The molecule has 0 unspecified atom stereocenters. The Bertz CT molecular complexity index is 984. The van der Waals surface area contributed by atoms with Gasteiger partial charge in [-0.05, 0) is 73.6 Å². The number of rotatable bonds is 5. The molecule has 0 heterocycles. The summed E-state index contributed by atoms with van der Waals surface area (Å²) in [6.07, 6.45) is 3.31. The van der Waals surface area contributed by atoms with E-state index in [9.17, 15) is 13.2 Å². The van der Waals surface area contributed by atoms with Crippen molar-refractivity contribution in [3.05, 3.63) is 59.2 Å². The van der Waals surface area contributed by atoms with Gasteiger partial charge in [-0.2, -0.15) is 0 Å². The number of sulfonamides is 1. The molecule has 0 radical (unpaired) electrons. The van der Waals surface area contributed by atoms with Crippen LogP contribution in [-0.2, 0) is 10.0 Å². The molecule has 3 rings (SSSR count). The Labute approximate surface area is 174 Å². The molecule has 6 heteroatoms. The smallest absolute Gasteiger partial charge is 0.261 e. The Morgan fingerprint density at radius 1 is 1.00 bits per heavy atom. The summed E-state index contributed by atoms with van der Waals surface area (Å²) in [6, 6.07) is 11.8. The van der Waals surface area contributed by atoms with Crippen LogP contribution in [0.1, 0.15) is 54.6 Å². The summed E-state index contributed by atoms with van der Waals surface area (Å²) in [7, 11) is -3.72. The van der Waals surface area contributed by atoms with Gasteiger partial charge in [-0.15, -0.1) is 0 Å². The third kappa shape index (κ3) is 4.81. The predicted molar refractivity (Wildman–Crippen MR) is 117 cm³/mol. The van der Waals surface area contributed by atoms with E-state index in [4.69, 9.17) is 0 Å². The molecule has 0 aromatic heterocycles. The predicted octanol–water partition coefficient (Wildman–Crippen LogP) is 4.66. The summed E-state index contributed by atoms with van der Waals surface area (Å²) in [6.45, 7) is 8.23. The van der Waals surface area contributed by atoms with Crippen molar-refractivity contribution in [2.45, 2.75) is 57.9 Å². The lowest BCUT2D eigenvalue weighted by Gasteiger charge is -2.34. The monoisotopic (exact) mass is 414 g/mol. The van der Waals surface area contributed by atoms with Gasteiger partial charge < -0.3 is 5.32 Å². The molecule has 2 aromatic carbocycles. The molecule has 0 saturated heterocycles. The van der Waals surface area contributed by atoms with Crippen molar-refractivity contribution in [3.63, 3.8) is 0 Å².